The van der Waals surface area contributed by atoms with E-state index in [0.717, 1.165) is 22.5 Å². The van der Waals surface area contributed by atoms with Crippen LogP contribution in [0.25, 0.3) is 0 Å². The summed E-state index contributed by atoms with van der Waals surface area (Å²) in [6.07, 6.45) is 3.32. The van der Waals surface area contributed by atoms with Crippen LogP contribution in [0.2, 0.25) is 0 Å². The number of pyridine rings is 1. The Balaban J connectivity index is 1.74. The number of rotatable bonds is 5. The van der Waals surface area contributed by atoms with Gasteiger partial charge in [0.2, 0.25) is 0 Å². The van der Waals surface area contributed by atoms with Crippen LogP contribution in [0.1, 0.15) is 47.8 Å². The van der Waals surface area contributed by atoms with Crippen molar-refractivity contribution in [3.63, 3.8) is 0 Å². The molecule has 0 aliphatic rings. The molecule has 0 spiro atoms. The molecule has 0 bridgehead atoms. The lowest BCUT2D eigenvalue weighted by Crippen LogP contribution is -2.23. The standard InChI is InChI=1S/C24H27N3O/c1-17-9-5-6-10-18(17)15-26-23(28)19-13-20(16-25-14-19)27-22-12-8-7-11-21(22)24(2,3)4/h5-14,16,27H,15H2,1-4H3,(H,26,28). The molecule has 3 rings (SSSR count). The maximum Gasteiger partial charge on any atom is 0.253 e. The molecule has 1 amide bonds. The van der Waals surface area contributed by atoms with Gasteiger partial charge in [-0.15, -0.1) is 0 Å². The molecule has 2 N–H and O–H groups in total. The number of carbonyl (C=O) groups excluding carboxylic acids is 1. The molecule has 2 aromatic carbocycles. The fraction of sp³-hybridized carbons (Fsp3) is 0.250. The van der Waals surface area contributed by atoms with E-state index in [9.17, 15) is 4.79 Å². The van der Waals surface area contributed by atoms with Gasteiger partial charge in [-0.3, -0.25) is 9.78 Å². The van der Waals surface area contributed by atoms with Crippen molar-refractivity contribution in [3.05, 3.63) is 89.2 Å². The van der Waals surface area contributed by atoms with E-state index in [-0.39, 0.29) is 11.3 Å². The Labute approximate surface area is 167 Å². The maximum atomic E-state index is 12.6. The van der Waals surface area contributed by atoms with Crippen molar-refractivity contribution in [1.82, 2.24) is 10.3 Å². The van der Waals surface area contributed by atoms with E-state index < -0.39 is 0 Å². The topological polar surface area (TPSA) is 54.0 Å². The molecule has 0 atom stereocenters. The summed E-state index contributed by atoms with van der Waals surface area (Å²) in [4.78, 5) is 16.8. The minimum Gasteiger partial charge on any atom is -0.354 e. The summed E-state index contributed by atoms with van der Waals surface area (Å²) in [5.74, 6) is -0.136. The molecule has 0 unspecified atom stereocenters. The van der Waals surface area contributed by atoms with Gasteiger partial charge >= 0.3 is 0 Å². The summed E-state index contributed by atoms with van der Waals surface area (Å²) in [7, 11) is 0. The number of aryl methyl sites for hydroxylation is 1. The van der Waals surface area contributed by atoms with Gasteiger partial charge in [0.05, 0.1) is 17.4 Å². The number of nitrogens with one attached hydrogen (secondary N) is 2. The van der Waals surface area contributed by atoms with Gasteiger partial charge in [0, 0.05) is 18.4 Å². The Hall–Kier alpha value is -3.14. The van der Waals surface area contributed by atoms with Crippen LogP contribution < -0.4 is 10.6 Å². The molecule has 0 aliphatic carbocycles. The van der Waals surface area contributed by atoms with E-state index in [1.807, 2.05) is 55.5 Å². The molecular weight excluding hydrogens is 346 g/mol. The third-order valence-electron chi connectivity index (χ3n) is 4.72. The maximum absolute atomic E-state index is 12.6. The average Bonchev–Trinajstić information content (AvgIpc) is 2.67. The fourth-order valence-electron chi connectivity index (χ4n) is 3.12. The SMILES string of the molecule is Cc1ccccc1CNC(=O)c1cncc(Nc2ccccc2C(C)(C)C)c1. The fourth-order valence-corrected chi connectivity index (χ4v) is 3.12. The van der Waals surface area contributed by atoms with Crippen LogP contribution in [0.4, 0.5) is 11.4 Å². The largest absolute Gasteiger partial charge is 0.354 e. The van der Waals surface area contributed by atoms with Crippen LogP contribution in [0.5, 0.6) is 0 Å². The highest BCUT2D eigenvalue weighted by atomic mass is 16.1. The Morgan fingerprint density at radius 3 is 2.46 bits per heavy atom. The molecule has 1 aromatic heterocycles. The Morgan fingerprint density at radius 1 is 1.00 bits per heavy atom. The highest BCUT2D eigenvalue weighted by Crippen LogP contribution is 2.31. The number of hydrogen-bond donors (Lipinski definition) is 2. The average molecular weight is 374 g/mol. The normalized spacial score (nSPS) is 11.1. The van der Waals surface area contributed by atoms with Crippen LogP contribution in [0.15, 0.2) is 67.0 Å². The zero-order valence-corrected chi connectivity index (χ0v) is 16.9. The van der Waals surface area contributed by atoms with Gasteiger partial charge in [-0.25, -0.2) is 0 Å². The van der Waals surface area contributed by atoms with Crippen LogP contribution in [0, 0.1) is 6.92 Å². The first-order valence-corrected chi connectivity index (χ1v) is 9.49. The molecule has 0 fully saturated rings. The third kappa shape index (κ3) is 4.77. The first kappa shape index (κ1) is 19.6. The van der Waals surface area contributed by atoms with Gasteiger partial charge in [-0.2, -0.15) is 0 Å². The molecule has 4 heteroatoms. The van der Waals surface area contributed by atoms with Gasteiger partial charge in [-0.05, 0) is 41.2 Å². The van der Waals surface area contributed by atoms with Crippen LogP contribution in [-0.4, -0.2) is 10.9 Å². The number of anilines is 2. The molecular formula is C24H27N3O. The van der Waals surface area contributed by atoms with Gasteiger partial charge in [0.15, 0.2) is 0 Å². The highest BCUT2D eigenvalue weighted by Gasteiger charge is 2.17. The Morgan fingerprint density at radius 2 is 1.71 bits per heavy atom. The molecule has 0 saturated heterocycles. The zero-order valence-electron chi connectivity index (χ0n) is 16.9. The number of hydrogen-bond acceptors (Lipinski definition) is 3. The minimum atomic E-state index is -0.136. The number of amides is 1. The van der Waals surface area contributed by atoms with Crippen molar-refractivity contribution >= 4 is 17.3 Å². The molecule has 0 radical (unpaired) electrons. The minimum absolute atomic E-state index is 0.0134. The second-order valence-electron chi connectivity index (χ2n) is 7.99. The van der Waals surface area contributed by atoms with Crippen molar-refractivity contribution in [2.24, 2.45) is 0 Å². The van der Waals surface area contributed by atoms with E-state index in [0.29, 0.717) is 12.1 Å². The van der Waals surface area contributed by atoms with Gasteiger partial charge in [0.1, 0.15) is 0 Å². The van der Waals surface area contributed by atoms with E-state index in [4.69, 9.17) is 0 Å². The van der Waals surface area contributed by atoms with Crippen molar-refractivity contribution in [3.8, 4) is 0 Å². The number of para-hydroxylation sites is 1. The molecule has 144 valence electrons. The first-order chi connectivity index (χ1) is 13.3. The summed E-state index contributed by atoms with van der Waals surface area (Å²) in [5, 5.41) is 6.39. The van der Waals surface area contributed by atoms with E-state index >= 15 is 0 Å². The van der Waals surface area contributed by atoms with Gasteiger partial charge in [0.25, 0.3) is 5.91 Å². The summed E-state index contributed by atoms with van der Waals surface area (Å²) >= 11 is 0. The number of aromatic nitrogens is 1. The van der Waals surface area contributed by atoms with Crippen LogP contribution in [0.3, 0.4) is 0 Å². The molecule has 1 heterocycles. The zero-order chi connectivity index (χ0) is 20.1. The van der Waals surface area contributed by atoms with Crippen LogP contribution in [-0.2, 0) is 12.0 Å². The Bertz CT molecular complexity index is 973. The van der Waals surface area contributed by atoms with E-state index in [2.05, 4.69) is 42.5 Å². The lowest BCUT2D eigenvalue weighted by Gasteiger charge is -2.23. The van der Waals surface area contributed by atoms with Gasteiger partial charge in [-0.1, -0.05) is 63.2 Å². The summed E-state index contributed by atoms with van der Waals surface area (Å²) in [6, 6.07) is 18.1. The second-order valence-corrected chi connectivity index (χ2v) is 7.99. The third-order valence-corrected chi connectivity index (χ3v) is 4.72. The molecule has 28 heavy (non-hydrogen) atoms. The van der Waals surface area contributed by atoms with E-state index in [1.165, 1.54) is 5.56 Å². The lowest BCUT2D eigenvalue weighted by molar-refractivity contribution is 0.0950. The second kappa shape index (κ2) is 8.26. The predicted molar refractivity (Wildman–Crippen MR) is 115 cm³/mol. The number of nitrogens with zero attached hydrogens (tertiary/aromatic N) is 1. The summed E-state index contributed by atoms with van der Waals surface area (Å²) in [6.45, 7) is 9.08. The number of carbonyl (C=O) groups is 1. The van der Waals surface area contributed by atoms with Crippen molar-refractivity contribution in [2.75, 3.05) is 5.32 Å². The van der Waals surface area contributed by atoms with Crippen molar-refractivity contribution in [2.45, 2.75) is 39.7 Å². The Kier molecular flexibility index (Phi) is 5.78. The van der Waals surface area contributed by atoms with Crippen molar-refractivity contribution in [1.29, 1.82) is 0 Å². The smallest absolute Gasteiger partial charge is 0.253 e. The van der Waals surface area contributed by atoms with Crippen LogP contribution >= 0.6 is 0 Å². The molecule has 4 nitrogen and oxygen atoms in total. The molecule has 3 aromatic rings. The quantitative estimate of drug-likeness (QED) is 0.633. The highest BCUT2D eigenvalue weighted by molar-refractivity contribution is 5.94. The van der Waals surface area contributed by atoms with E-state index in [1.54, 1.807) is 12.4 Å². The predicted octanol–water partition coefficient (Wildman–Crippen LogP) is 5.36. The summed E-state index contributed by atoms with van der Waals surface area (Å²) < 4.78 is 0. The molecule has 0 aliphatic heterocycles. The molecule has 0 saturated carbocycles. The first-order valence-electron chi connectivity index (χ1n) is 9.49. The lowest BCUT2D eigenvalue weighted by atomic mass is 9.86. The number of benzene rings is 2. The summed E-state index contributed by atoms with van der Waals surface area (Å²) in [5.41, 5.74) is 5.84. The monoisotopic (exact) mass is 373 g/mol. The van der Waals surface area contributed by atoms with Gasteiger partial charge < -0.3 is 10.6 Å². The van der Waals surface area contributed by atoms with Crippen molar-refractivity contribution < 1.29 is 4.79 Å².